The Morgan fingerprint density at radius 2 is 1.78 bits per heavy atom. The molecular formula is C29H41N9O12. The molecule has 0 bridgehead atoms. The molecule has 2 aromatic heterocycles. The van der Waals surface area contributed by atoms with Gasteiger partial charge in [-0.2, -0.15) is 0 Å². The van der Waals surface area contributed by atoms with Crippen molar-refractivity contribution in [1.82, 2.24) is 35.9 Å². The number of non-ortho nitro benzene ring substituents is 1. The van der Waals surface area contributed by atoms with E-state index in [0.29, 0.717) is 58.4 Å². The number of aliphatic hydroxyl groups is 3. The SMILES string of the molecule is CC(=O)NCCOCCOCCOCCn1cc(CN(CC(=O)N[C@@H]2OC3(CC3O)[C@@H](O)[C@H](C)[C@H]2O)c2ccc([N+](=O)[O-])c3nonc23)nn1. The lowest BCUT2D eigenvalue weighted by Gasteiger charge is -2.42. The summed E-state index contributed by atoms with van der Waals surface area (Å²) in [5.41, 5.74) is -0.965. The van der Waals surface area contributed by atoms with E-state index in [1.807, 2.05) is 0 Å². The van der Waals surface area contributed by atoms with Crippen molar-refractivity contribution in [3.63, 3.8) is 0 Å². The van der Waals surface area contributed by atoms with Gasteiger partial charge in [-0.1, -0.05) is 12.1 Å². The van der Waals surface area contributed by atoms with Crippen LogP contribution in [-0.2, 0) is 41.6 Å². The van der Waals surface area contributed by atoms with Gasteiger partial charge in [0, 0.05) is 31.9 Å². The van der Waals surface area contributed by atoms with Gasteiger partial charge in [-0.15, -0.1) is 5.10 Å². The van der Waals surface area contributed by atoms with Gasteiger partial charge >= 0.3 is 5.69 Å². The molecule has 50 heavy (non-hydrogen) atoms. The predicted octanol–water partition coefficient (Wildman–Crippen LogP) is -1.75. The first-order valence-electron chi connectivity index (χ1n) is 16.0. The van der Waals surface area contributed by atoms with Gasteiger partial charge in [-0.05, 0) is 16.4 Å². The molecule has 0 radical (unpaired) electrons. The van der Waals surface area contributed by atoms with Gasteiger partial charge in [0.25, 0.3) is 0 Å². The highest BCUT2D eigenvalue weighted by Crippen LogP contribution is 2.49. The number of amides is 2. The summed E-state index contributed by atoms with van der Waals surface area (Å²) in [4.78, 5) is 36.7. The average molecular weight is 708 g/mol. The first kappa shape index (κ1) is 36.9. The lowest BCUT2D eigenvalue weighted by Crippen LogP contribution is -2.62. The van der Waals surface area contributed by atoms with Crippen molar-refractivity contribution in [3.8, 4) is 0 Å². The largest absolute Gasteiger partial charge is 0.390 e. The van der Waals surface area contributed by atoms with E-state index < -0.39 is 46.9 Å². The number of carbonyl (C=O) groups excluding carboxylic acids is 2. The summed E-state index contributed by atoms with van der Waals surface area (Å²) >= 11 is 0. The molecule has 2 amide bonds. The molecule has 2 unspecified atom stereocenters. The van der Waals surface area contributed by atoms with Crippen LogP contribution >= 0.6 is 0 Å². The van der Waals surface area contributed by atoms with E-state index in [-0.39, 0.29) is 47.8 Å². The molecule has 21 nitrogen and oxygen atoms in total. The Hall–Kier alpha value is -4.38. The van der Waals surface area contributed by atoms with Crippen LogP contribution in [0.4, 0.5) is 11.4 Å². The summed E-state index contributed by atoms with van der Waals surface area (Å²) in [6.07, 6.45) is -2.71. The minimum Gasteiger partial charge on any atom is -0.390 e. The molecule has 6 atom stereocenters. The molecule has 1 aliphatic carbocycles. The zero-order chi connectivity index (χ0) is 35.8. The van der Waals surface area contributed by atoms with E-state index in [4.69, 9.17) is 23.6 Å². The smallest absolute Gasteiger partial charge is 0.300 e. The van der Waals surface area contributed by atoms with Crippen LogP contribution in [0.25, 0.3) is 11.0 Å². The summed E-state index contributed by atoms with van der Waals surface area (Å²) in [7, 11) is 0. The number of hydrogen-bond donors (Lipinski definition) is 5. The van der Waals surface area contributed by atoms with Gasteiger partial charge in [-0.3, -0.25) is 19.7 Å². The molecule has 5 rings (SSSR count). The second kappa shape index (κ2) is 16.6. The second-order valence-corrected chi connectivity index (χ2v) is 12.0. The highest BCUT2D eigenvalue weighted by atomic mass is 16.6. The molecule has 3 aromatic rings. The number of aromatic nitrogens is 5. The number of rotatable bonds is 19. The summed E-state index contributed by atoms with van der Waals surface area (Å²) in [5.74, 6) is -1.41. The average Bonchev–Trinajstić information content (AvgIpc) is 3.40. The van der Waals surface area contributed by atoms with E-state index >= 15 is 0 Å². The maximum atomic E-state index is 13.4. The minimum absolute atomic E-state index is 0.000615. The quantitative estimate of drug-likeness (QED) is 0.0525. The lowest BCUT2D eigenvalue weighted by molar-refractivity contribution is -0.383. The Kier molecular flexibility index (Phi) is 12.2. The van der Waals surface area contributed by atoms with Crippen molar-refractivity contribution >= 4 is 34.2 Å². The Balaban J connectivity index is 1.17. The molecule has 2 aliphatic rings. The number of aliphatic hydroxyl groups excluding tert-OH is 3. The van der Waals surface area contributed by atoms with Gasteiger partial charge in [0.2, 0.25) is 17.3 Å². The fraction of sp³-hybridized carbons (Fsp3) is 0.655. The number of nitro benzene ring substituents is 1. The summed E-state index contributed by atoms with van der Waals surface area (Å²) in [6, 6.07) is 2.64. The highest BCUT2D eigenvalue weighted by molar-refractivity contribution is 5.95. The molecule has 5 N–H and O–H groups in total. The standard InChI is InChI=1S/C29H41N9O12/c1-17-26(42)28(49-29(27(17)43)13-22(29)40)31-23(41)16-36(20-3-4-21(38(44)45)25-24(20)33-50-34-25)14-19-15-37(35-32-19)6-8-47-10-12-48-11-9-46-7-5-30-18(2)39/h3-4,15,17,22,26-28,40,42-43H,5-14,16H2,1-2H3,(H,30,39)(H,31,41)/t17-,22?,26-,27+,28-,29?/m1/s1. The predicted molar refractivity (Wildman–Crippen MR) is 168 cm³/mol. The summed E-state index contributed by atoms with van der Waals surface area (Å²) in [6.45, 7) is 5.68. The van der Waals surface area contributed by atoms with Crippen LogP contribution in [0.1, 0.15) is 26.0 Å². The van der Waals surface area contributed by atoms with E-state index in [2.05, 4.69) is 31.3 Å². The number of nitro groups is 1. The number of anilines is 1. The van der Waals surface area contributed by atoms with E-state index in [1.165, 1.54) is 24.0 Å². The first-order chi connectivity index (χ1) is 24.0. The van der Waals surface area contributed by atoms with Gasteiger partial charge in [0.05, 0.1) is 88.3 Å². The van der Waals surface area contributed by atoms with Crippen LogP contribution in [0.2, 0.25) is 0 Å². The Labute approximate surface area is 284 Å². The Morgan fingerprint density at radius 3 is 2.46 bits per heavy atom. The lowest BCUT2D eigenvalue weighted by atomic mass is 9.88. The third-order valence-corrected chi connectivity index (χ3v) is 8.43. The van der Waals surface area contributed by atoms with Crippen LogP contribution in [0.3, 0.4) is 0 Å². The Bertz CT molecular complexity index is 1620. The maximum Gasteiger partial charge on any atom is 0.300 e. The van der Waals surface area contributed by atoms with E-state index in [1.54, 1.807) is 17.8 Å². The summed E-state index contributed by atoms with van der Waals surface area (Å²) < 4.78 is 28.6. The van der Waals surface area contributed by atoms with Crippen LogP contribution < -0.4 is 15.5 Å². The molecule has 274 valence electrons. The number of fused-ring (bicyclic) bond motifs is 1. The molecule has 3 heterocycles. The maximum absolute atomic E-state index is 13.4. The van der Waals surface area contributed by atoms with Crippen molar-refractivity contribution in [1.29, 1.82) is 0 Å². The topological polar surface area (TPSA) is 272 Å². The number of nitrogens with zero attached hydrogens (tertiary/aromatic N) is 7. The zero-order valence-electron chi connectivity index (χ0n) is 27.5. The fourth-order valence-corrected chi connectivity index (χ4v) is 5.65. The highest BCUT2D eigenvalue weighted by Gasteiger charge is 2.66. The van der Waals surface area contributed by atoms with E-state index in [0.717, 1.165) is 0 Å². The number of benzene rings is 1. The first-order valence-corrected chi connectivity index (χ1v) is 16.0. The molecule has 1 spiro atoms. The third-order valence-electron chi connectivity index (χ3n) is 8.43. The second-order valence-electron chi connectivity index (χ2n) is 12.0. The Morgan fingerprint density at radius 1 is 1.10 bits per heavy atom. The minimum atomic E-state index is -1.27. The monoisotopic (exact) mass is 707 g/mol. The zero-order valence-corrected chi connectivity index (χ0v) is 27.5. The number of carbonyl (C=O) groups is 2. The summed E-state index contributed by atoms with van der Waals surface area (Å²) in [5, 5.41) is 64.1. The van der Waals surface area contributed by atoms with Gasteiger partial charge < -0.3 is 49.8 Å². The normalized spacial score (nSPS) is 24.4. The van der Waals surface area contributed by atoms with Gasteiger partial charge in [0.1, 0.15) is 17.4 Å². The fourth-order valence-electron chi connectivity index (χ4n) is 5.65. The van der Waals surface area contributed by atoms with Crippen LogP contribution in [0.15, 0.2) is 23.0 Å². The number of hydrogen-bond acceptors (Lipinski definition) is 17. The third kappa shape index (κ3) is 8.85. The molecule has 21 heteroatoms. The van der Waals surface area contributed by atoms with Crippen LogP contribution in [0.5, 0.6) is 0 Å². The molecule has 2 fully saturated rings. The van der Waals surface area contributed by atoms with Crippen LogP contribution in [-0.4, -0.2) is 140 Å². The van der Waals surface area contributed by atoms with Crippen molar-refractivity contribution in [2.24, 2.45) is 5.92 Å². The van der Waals surface area contributed by atoms with Gasteiger partial charge in [0.15, 0.2) is 11.7 Å². The van der Waals surface area contributed by atoms with Crippen molar-refractivity contribution in [2.75, 3.05) is 57.6 Å². The molecule has 1 aliphatic heterocycles. The number of nitrogens with one attached hydrogen (secondary N) is 2. The van der Waals surface area contributed by atoms with Crippen LogP contribution in [0, 0.1) is 16.0 Å². The van der Waals surface area contributed by atoms with E-state index in [9.17, 15) is 35.0 Å². The molecule has 1 aromatic carbocycles. The van der Waals surface area contributed by atoms with Crippen molar-refractivity contribution in [2.45, 2.75) is 63.5 Å². The molecule has 1 saturated heterocycles. The van der Waals surface area contributed by atoms with Crippen molar-refractivity contribution in [3.05, 3.63) is 34.1 Å². The molecular weight excluding hydrogens is 666 g/mol. The van der Waals surface area contributed by atoms with Crippen molar-refractivity contribution < 1.29 is 53.4 Å². The number of ether oxygens (including phenoxy) is 4. The molecule has 1 saturated carbocycles. The van der Waals surface area contributed by atoms with Gasteiger partial charge in [-0.25, -0.2) is 9.31 Å².